The maximum Gasteiger partial charge on any atom is 0.248 e. The minimum Gasteiger partial charge on any atom is -0.454 e. The third-order valence-electron chi connectivity index (χ3n) is 10.5. The van der Waals surface area contributed by atoms with Gasteiger partial charge in [-0.05, 0) is 42.5 Å². The Morgan fingerprint density at radius 2 is 0.981 bits per heavy atom. The first-order valence-electron chi connectivity index (χ1n) is 17.4. The Morgan fingerprint density at radius 3 is 1.67 bits per heavy atom. The normalized spacial score (nSPS) is 12.2. The van der Waals surface area contributed by atoms with Crippen LogP contribution in [0.5, 0.6) is 0 Å². The van der Waals surface area contributed by atoms with E-state index in [1.165, 1.54) is 10.8 Å². The highest BCUT2D eigenvalue weighted by Gasteiger charge is 2.27. The molecule has 0 aliphatic heterocycles. The molecule has 0 saturated heterocycles. The maximum absolute atomic E-state index is 7.00. The molecule has 0 radical (unpaired) electrons. The number of nitrogens with zero attached hydrogens (tertiary/aromatic N) is 4. The predicted octanol–water partition coefficient (Wildman–Crippen LogP) is 12.1. The molecule has 0 saturated carbocycles. The van der Waals surface area contributed by atoms with Crippen molar-refractivity contribution in [2.75, 3.05) is 0 Å². The lowest BCUT2D eigenvalue weighted by molar-refractivity contribution is 0.651. The molecule has 0 aliphatic rings. The second kappa shape index (κ2) is 10.2. The molecule has 6 nitrogen and oxygen atoms in total. The standard InChI is InChI=1S/C46H26N4O2/c1-2-14-27(15-3-1)41-45(48-46-42(47-41)32-20-8-13-25-39(32)52-46)50-36-23-11-6-18-30(36)33-26-37(40-31-19-7-12-24-38(31)51-44(40)43(33)50)49-34-21-9-4-16-28(34)29-17-5-10-22-35(29)49/h1-26H. The summed E-state index contributed by atoms with van der Waals surface area (Å²) in [6.45, 7) is 0. The van der Waals surface area contributed by atoms with E-state index in [0.29, 0.717) is 11.5 Å². The summed E-state index contributed by atoms with van der Waals surface area (Å²) in [6.07, 6.45) is 0. The van der Waals surface area contributed by atoms with E-state index in [9.17, 15) is 0 Å². The van der Waals surface area contributed by atoms with Crippen LogP contribution in [-0.4, -0.2) is 19.1 Å². The summed E-state index contributed by atoms with van der Waals surface area (Å²) in [4.78, 5) is 10.7. The molecule has 0 amide bonds. The monoisotopic (exact) mass is 666 g/mol. The number of para-hydroxylation sites is 5. The summed E-state index contributed by atoms with van der Waals surface area (Å²) in [5, 5.41) is 7.60. The molecule has 0 bridgehead atoms. The number of rotatable bonds is 3. The van der Waals surface area contributed by atoms with Crippen LogP contribution < -0.4 is 0 Å². The summed E-state index contributed by atoms with van der Waals surface area (Å²) in [6, 6.07) is 54.8. The molecule has 0 aliphatic carbocycles. The number of aromatic nitrogens is 4. The van der Waals surface area contributed by atoms with Crippen LogP contribution in [0.2, 0.25) is 0 Å². The SMILES string of the molecule is c1ccc(-c2nc3c(nc2-n2c4ccccc4c4cc(-n5c6ccccc6c6ccccc65)c5c6ccccc6oc5c42)oc2ccccc23)cc1. The number of benzene rings is 7. The Hall–Kier alpha value is -7.18. The number of hydrogen-bond acceptors (Lipinski definition) is 4. The Morgan fingerprint density at radius 1 is 0.442 bits per heavy atom. The van der Waals surface area contributed by atoms with Gasteiger partial charge in [-0.2, -0.15) is 4.98 Å². The summed E-state index contributed by atoms with van der Waals surface area (Å²) in [5.41, 5.74) is 10.6. The van der Waals surface area contributed by atoms with Gasteiger partial charge in [0.1, 0.15) is 22.4 Å². The van der Waals surface area contributed by atoms with E-state index in [1.807, 2.05) is 48.5 Å². The minimum absolute atomic E-state index is 0.490. The maximum atomic E-state index is 7.00. The van der Waals surface area contributed by atoms with Crippen LogP contribution in [0.3, 0.4) is 0 Å². The summed E-state index contributed by atoms with van der Waals surface area (Å²) in [5.74, 6) is 0.676. The van der Waals surface area contributed by atoms with E-state index in [-0.39, 0.29) is 0 Å². The first-order valence-corrected chi connectivity index (χ1v) is 17.4. The lowest BCUT2D eigenvalue weighted by Crippen LogP contribution is -2.03. The number of hydrogen-bond donors (Lipinski definition) is 0. The smallest absolute Gasteiger partial charge is 0.248 e. The molecule has 5 heterocycles. The first kappa shape index (κ1) is 27.6. The van der Waals surface area contributed by atoms with Gasteiger partial charge < -0.3 is 13.4 Å². The van der Waals surface area contributed by atoms with E-state index in [2.05, 4.69) is 118 Å². The number of fused-ring (bicyclic) bond motifs is 13. The van der Waals surface area contributed by atoms with Crippen LogP contribution in [0.15, 0.2) is 167 Å². The number of furan rings is 2. The van der Waals surface area contributed by atoms with Crippen LogP contribution in [-0.2, 0) is 0 Å². The van der Waals surface area contributed by atoms with Gasteiger partial charge in [-0.25, -0.2) is 4.98 Å². The molecule has 12 aromatic rings. The topological polar surface area (TPSA) is 61.9 Å². The third kappa shape index (κ3) is 3.62. The Balaban J connectivity index is 1.30. The quantitative estimate of drug-likeness (QED) is 0.188. The first-order chi connectivity index (χ1) is 25.8. The van der Waals surface area contributed by atoms with Gasteiger partial charge in [0.2, 0.25) is 5.71 Å². The van der Waals surface area contributed by atoms with Gasteiger partial charge in [-0.3, -0.25) is 4.57 Å². The molecule has 242 valence electrons. The lowest BCUT2D eigenvalue weighted by atomic mass is 10.1. The van der Waals surface area contributed by atoms with E-state index in [1.54, 1.807) is 0 Å². The van der Waals surface area contributed by atoms with Gasteiger partial charge in [0.05, 0.1) is 33.1 Å². The van der Waals surface area contributed by atoms with Crippen molar-refractivity contribution in [3.8, 4) is 22.8 Å². The van der Waals surface area contributed by atoms with E-state index in [4.69, 9.17) is 18.8 Å². The molecule has 12 rings (SSSR count). The Bertz CT molecular complexity index is 3360. The van der Waals surface area contributed by atoms with Crippen molar-refractivity contribution in [2.45, 2.75) is 0 Å². The predicted molar refractivity (Wildman–Crippen MR) is 211 cm³/mol. The summed E-state index contributed by atoms with van der Waals surface area (Å²) < 4.78 is 18.0. The van der Waals surface area contributed by atoms with Crippen LogP contribution >= 0.6 is 0 Å². The van der Waals surface area contributed by atoms with E-state index in [0.717, 1.165) is 88.2 Å². The van der Waals surface area contributed by atoms with Crippen LogP contribution in [0, 0.1) is 0 Å². The molecular weight excluding hydrogens is 641 g/mol. The lowest BCUT2D eigenvalue weighted by Gasteiger charge is -2.14. The zero-order valence-electron chi connectivity index (χ0n) is 27.6. The summed E-state index contributed by atoms with van der Waals surface area (Å²) >= 11 is 0. The molecule has 6 heteroatoms. The van der Waals surface area contributed by atoms with Crippen molar-refractivity contribution >= 4 is 87.7 Å². The Labute approximate surface area is 295 Å². The summed E-state index contributed by atoms with van der Waals surface area (Å²) in [7, 11) is 0. The molecule has 0 spiro atoms. The van der Waals surface area contributed by atoms with Crippen molar-refractivity contribution in [1.29, 1.82) is 0 Å². The molecular formula is C46H26N4O2. The van der Waals surface area contributed by atoms with E-state index >= 15 is 0 Å². The van der Waals surface area contributed by atoms with Crippen molar-refractivity contribution in [3.63, 3.8) is 0 Å². The molecule has 52 heavy (non-hydrogen) atoms. The van der Waals surface area contributed by atoms with Crippen LogP contribution in [0.4, 0.5) is 0 Å². The van der Waals surface area contributed by atoms with Gasteiger partial charge in [0, 0.05) is 37.9 Å². The molecule has 0 N–H and O–H groups in total. The molecule has 5 aromatic heterocycles. The fraction of sp³-hybridized carbons (Fsp3) is 0. The Kier molecular flexibility index (Phi) is 5.41. The largest absolute Gasteiger partial charge is 0.454 e. The second-order valence-corrected chi connectivity index (χ2v) is 13.3. The molecule has 0 unspecified atom stereocenters. The van der Waals surface area contributed by atoms with Gasteiger partial charge in [0.15, 0.2) is 11.4 Å². The second-order valence-electron chi connectivity index (χ2n) is 13.3. The minimum atomic E-state index is 0.490. The average Bonchev–Trinajstić information content (AvgIpc) is 3.95. The van der Waals surface area contributed by atoms with Gasteiger partial charge >= 0.3 is 0 Å². The average molecular weight is 667 g/mol. The zero-order valence-corrected chi connectivity index (χ0v) is 27.6. The van der Waals surface area contributed by atoms with Crippen molar-refractivity contribution in [1.82, 2.24) is 19.1 Å². The van der Waals surface area contributed by atoms with Crippen molar-refractivity contribution in [3.05, 3.63) is 158 Å². The molecule has 7 aromatic carbocycles. The fourth-order valence-corrected chi connectivity index (χ4v) is 8.35. The highest BCUT2D eigenvalue weighted by Crippen LogP contribution is 2.46. The van der Waals surface area contributed by atoms with Crippen molar-refractivity contribution in [2.24, 2.45) is 0 Å². The zero-order chi connectivity index (χ0) is 33.9. The van der Waals surface area contributed by atoms with Crippen molar-refractivity contribution < 1.29 is 8.83 Å². The molecule has 0 fully saturated rings. The van der Waals surface area contributed by atoms with E-state index < -0.39 is 0 Å². The molecule has 0 atom stereocenters. The fourth-order valence-electron chi connectivity index (χ4n) is 8.35. The van der Waals surface area contributed by atoms with Gasteiger partial charge in [-0.15, -0.1) is 0 Å². The highest BCUT2D eigenvalue weighted by molar-refractivity contribution is 6.25. The van der Waals surface area contributed by atoms with Gasteiger partial charge in [-0.1, -0.05) is 115 Å². The highest BCUT2D eigenvalue weighted by atomic mass is 16.3. The van der Waals surface area contributed by atoms with Crippen LogP contribution in [0.1, 0.15) is 0 Å². The third-order valence-corrected chi connectivity index (χ3v) is 10.5. The van der Waals surface area contributed by atoms with Crippen LogP contribution in [0.25, 0.3) is 111 Å². The van der Waals surface area contributed by atoms with Gasteiger partial charge in [0.25, 0.3) is 0 Å².